The Bertz CT molecular complexity index is 191. The van der Waals surface area contributed by atoms with E-state index in [1.54, 1.807) is 0 Å². The molecule has 0 radical (unpaired) electrons. The van der Waals surface area contributed by atoms with Crippen LogP contribution in [-0.2, 0) is 0 Å². The summed E-state index contributed by atoms with van der Waals surface area (Å²) in [5.74, 6) is 0. The highest BCUT2D eigenvalue weighted by Gasteiger charge is 2.22. The second kappa shape index (κ2) is 8.06. The summed E-state index contributed by atoms with van der Waals surface area (Å²) >= 11 is 0. The predicted octanol–water partition coefficient (Wildman–Crippen LogP) is 2.00. The normalized spacial score (nSPS) is 20.1. The molecule has 1 aliphatic rings. The number of aliphatic hydroxyl groups is 1. The Hall–Kier alpha value is -0.120. The first kappa shape index (κ1) is 14.9. The molecule has 0 bridgehead atoms. The first-order valence-corrected chi connectivity index (χ1v) is 7.28. The minimum atomic E-state index is 0.219. The van der Waals surface area contributed by atoms with Gasteiger partial charge in [-0.25, -0.2) is 0 Å². The molecule has 3 nitrogen and oxygen atoms in total. The second-order valence-electron chi connectivity index (χ2n) is 5.58. The molecule has 1 atom stereocenters. The van der Waals surface area contributed by atoms with E-state index in [2.05, 4.69) is 31.0 Å². The second-order valence-corrected chi connectivity index (χ2v) is 5.58. The molecule has 0 amide bonds. The Morgan fingerprint density at radius 3 is 2.35 bits per heavy atom. The fourth-order valence-electron chi connectivity index (χ4n) is 2.90. The van der Waals surface area contributed by atoms with Gasteiger partial charge >= 0.3 is 0 Å². The molecule has 1 fully saturated rings. The quantitative estimate of drug-likeness (QED) is 0.717. The summed E-state index contributed by atoms with van der Waals surface area (Å²) in [7, 11) is 0. The molecule has 0 heterocycles. The lowest BCUT2D eigenvalue weighted by molar-refractivity contribution is 0.123. The third-order valence-corrected chi connectivity index (χ3v) is 3.74. The maximum Gasteiger partial charge on any atom is 0.0597 e. The summed E-state index contributed by atoms with van der Waals surface area (Å²) in [6.07, 6.45) is 6.84. The van der Waals surface area contributed by atoms with Crippen molar-refractivity contribution in [3.63, 3.8) is 0 Å². The van der Waals surface area contributed by atoms with Crippen molar-refractivity contribution in [3.05, 3.63) is 0 Å². The van der Waals surface area contributed by atoms with E-state index >= 15 is 0 Å². The van der Waals surface area contributed by atoms with Gasteiger partial charge in [-0.05, 0) is 19.4 Å². The molecule has 0 saturated heterocycles. The summed E-state index contributed by atoms with van der Waals surface area (Å²) in [6, 6.07) is 1.41. The smallest absolute Gasteiger partial charge is 0.0597 e. The van der Waals surface area contributed by atoms with Crippen LogP contribution in [0.25, 0.3) is 0 Å². The lowest BCUT2D eigenvalue weighted by atomic mass is 9.94. The van der Waals surface area contributed by atoms with Gasteiger partial charge in [0.25, 0.3) is 0 Å². The molecular formula is C14H30N2O. The van der Waals surface area contributed by atoms with Crippen LogP contribution in [0.3, 0.4) is 0 Å². The highest BCUT2D eigenvalue weighted by Crippen LogP contribution is 2.22. The van der Waals surface area contributed by atoms with Crippen molar-refractivity contribution in [2.75, 3.05) is 19.7 Å². The van der Waals surface area contributed by atoms with Crippen LogP contribution >= 0.6 is 0 Å². The number of likely N-dealkylation sites (N-methyl/N-ethyl adjacent to an activating group) is 1. The van der Waals surface area contributed by atoms with Crippen LogP contribution in [0.1, 0.15) is 52.9 Å². The van der Waals surface area contributed by atoms with Crippen LogP contribution in [-0.4, -0.2) is 47.8 Å². The molecule has 0 aromatic rings. The first-order chi connectivity index (χ1) is 8.17. The number of hydrogen-bond donors (Lipinski definition) is 2. The SMILES string of the molecule is CCN(CC(CO)NC(C)C)C1CCCCC1. The molecular weight excluding hydrogens is 212 g/mol. The maximum absolute atomic E-state index is 9.43. The fourth-order valence-corrected chi connectivity index (χ4v) is 2.90. The topological polar surface area (TPSA) is 35.5 Å². The van der Waals surface area contributed by atoms with Gasteiger partial charge in [-0.3, -0.25) is 4.90 Å². The van der Waals surface area contributed by atoms with Gasteiger partial charge in [-0.1, -0.05) is 40.0 Å². The van der Waals surface area contributed by atoms with Gasteiger partial charge in [-0.15, -0.1) is 0 Å². The average molecular weight is 242 g/mol. The molecule has 0 aromatic heterocycles. The lowest BCUT2D eigenvalue weighted by Crippen LogP contribution is -2.49. The third kappa shape index (κ3) is 5.36. The molecule has 2 N–H and O–H groups in total. The Morgan fingerprint density at radius 2 is 1.88 bits per heavy atom. The maximum atomic E-state index is 9.43. The zero-order valence-electron chi connectivity index (χ0n) is 11.8. The Labute approximate surface area is 107 Å². The van der Waals surface area contributed by atoms with Crippen LogP contribution < -0.4 is 5.32 Å². The predicted molar refractivity (Wildman–Crippen MR) is 73.3 cm³/mol. The van der Waals surface area contributed by atoms with E-state index in [0.29, 0.717) is 6.04 Å². The zero-order valence-corrected chi connectivity index (χ0v) is 11.8. The van der Waals surface area contributed by atoms with Gasteiger partial charge in [0, 0.05) is 24.7 Å². The summed E-state index contributed by atoms with van der Waals surface area (Å²) in [4.78, 5) is 2.55. The van der Waals surface area contributed by atoms with Crippen molar-refractivity contribution < 1.29 is 5.11 Å². The van der Waals surface area contributed by atoms with Crippen molar-refractivity contribution in [1.82, 2.24) is 10.2 Å². The van der Waals surface area contributed by atoms with Crippen molar-refractivity contribution in [3.8, 4) is 0 Å². The van der Waals surface area contributed by atoms with Crippen LogP contribution in [0, 0.1) is 0 Å². The number of aliphatic hydroxyl groups excluding tert-OH is 1. The Balaban J connectivity index is 2.42. The Kier molecular flexibility index (Phi) is 7.09. The van der Waals surface area contributed by atoms with Gasteiger partial charge < -0.3 is 10.4 Å². The standard InChI is InChI=1S/C14H30N2O/c1-4-16(14-8-6-5-7-9-14)10-13(11-17)15-12(2)3/h12-15,17H,4-11H2,1-3H3. The van der Waals surface area contributed by atoms with E-state index in [9.17, 15) is 5.11 Å². The molecule has 17 heavy (non-hydrogen) atoms. The molecule has 1 unspecified atom stereocenters. The summed E-state index contributed by atoms with van der Waals surface area (Å²) < 4.78 is 0. The molecule has 1 saturated carbocycles. The van der Waals surface area contributed by atoms with Gasteiger partial charge in [0.05, 0.1) is 6.61 Å². The summed E-state index contributed by atoms with van der Waals surface area (Å²) in [5, 5.41) is 12.9. The number of nitrogens with one attached hydrogen (secondary N) is 1. The highest BCUT2D eigenvalue weighted by atomic mass is 16.3. The van der Waals surface area contributed by atoms with Gasteiger partial charge in [0.2, 0.25) is 0 Å². The number of nitrogens with zero attached hydrogens (tertiary/aromatic N) is 1. The van der Waals surface area contributed by atoms with Crippen molar-refractivity contribution in [2.24, 2.45) is 0 Å². The minimum Gasteiger partial charge on any atom is -0.395 e. The first-order valence-electron chi connectivity index (χ1n) is 7.28. The van der Waals surface area contributed by atoms with Gasteiger partial charge in [0.15, 0.2) is 0 Å². The van der Waals surface area contributed by atoms with Gasteiger partial charge in [0.1, 0.15) is 0 Å². The van der Waals surface area contributed by atoms with E-state index in [1.165, 1.54) is 32.1 Å². The summed E-state index contributed by atoms with van der Waals surface area (Å²) in [5.41, 5.74) is 0. The molecule has 1 rings (SSSR count). The average Bonchev–Trinajstić information content (AvgIpc) is 2.35. The minimum absolute atomic E-state index is 0.219. The largest absolute Gasteiger partial charge is 0.395 e. The van der Waals surface area contributed by atoms with Gasteiger partial charge in [-0.2, -0.15) is 0 Å². The van der Waals surface area contributed by atoms with E-state index in [-0.39, 0.29) is 12.6 Å². The number of rotatable bonds is 7. The molecule has 0 aliphatic heterocycles. The molecule has 3 heteroatoms. The van der Waals surface area contributed by atoms with E-state index in [4.69, 9.17) is 0 Å². The van der Waals surface area contributed by atoms with Crippen LogP contribution in [0.5, 0.6) is 0 Å². The van der Waals surface area contributed by atoms with Crippen molar-refractivity contribution in [2.45, 2.75) is 71.0 Å². The van der Waals surface area contributed by atoms with Crippen molar-refractivity contribution >= 4 is 0 Å². The van der Waals surface area contributed by atoms with E-state index < -0.39 is 0 Å². The Morgan fingerprint density at radius 1 is 1.24 bits per heavy atom. The van der Waals surface area contributed by atoms with Crippen LogP contribution in [0.2, 0.25) is 0 Å². The van der Waals surface area contributed by atoms with E-state index in [0.717, 1.165) is 19.1 Å². The number of hydrogen-bond acceptors (Lipinski definition) is 3. The van der Waals surface area contributed by atoms with Crippen molar-refractivity contribution in [1.29, 1.82) is 0 Å². The van der Waals surface area contributed by atoms with E-state index in [1.807, 2.05) is 0 Å². The molecule has 0 spiro atoms. The highest BCUT2D eigenvalue weighted by molar-refractivity contribution is 4.80. The fraction of sp³-hybridized carbons (Fsp3) is 1.00. The monoisotopic (exact) mass is 242 g/mol. The third-order valence-electron chi connectivity index (χ3n) is 3.74. The molecule has 0 aromatic carbocycles. The zero-order chi connectivity index (χ0) is 12.7. The summed E-state index contributed by atoms with van der Waals surface area (Å²) in [6.45, 7) is 8.83. The van der Waals surface area contributed by atoms with Crippen LogP contribution in [0.15, 0.2) is 0 Å². The lowest BCUT2D eigenvalue weighted by Gasteiger charge is -2.36. The van der Waals surface area contributed by atoms with Crippen LogP contribution in [0.4, 0.5) is 0 Å². The molecule has 1 aliphatic carbocycles. The molecule has 102 valence electrons.